The molecule has 292 valence electrons. The first-order valence-electron chi connectivity index (χ1n) is 21.6. The largest absolute Gasteiger partial charge is 0.313 e. The van der Waals surface area contributed by atoms with Crippen molar-refractivity contribution in [2.75, 3.05) is 4.90 Å². The smallest absolute Gasteiger partial charge is 0.246 e. The van der Waals surface area contributed by atoms with E-state index in [0.717, 1.165) is 16.7 Å². The van der Waals surface area contributed by atoms with Crippen LogP contribution in [0.3, 0.4) is 0 Å². The van der Waals surface area contributed by atoms with Gasteiger partial charge in [-0.3, -0.25) is 0 Å². The summed E-state index contributed by atoms with van der Waals surface area (Å²) in [6.45, 7) is -0.166. The summed E-state index contributed by atoms with van der Waals surface area (Å²) in [7, 11) is 0. The van der Waals surface area contributed by atoms with Crippen molar-refractivity contribution in [3.8, 4) is 56.4 Å². The van der Waals surface area contributed by atoms with E-state index >= 15 is 0 Å². The van der Waals surface area contributed by atoms with E-state index in [9.17, 15) is 0 Å². The lowest BCUT2D eigenvalue weighted by Crippen LogP contribution is -2.65. The van der Waals surface area contributed by atoms with Crippen molar-refractivity contribution in [1.29, 1.82) is 0 Å². The molecule has 63 heavy (non-hydrogen) atoms. The Morgan fingerprint density at radius 3 is 0.968 bits per heavy atom. The second kappa shape index (κ2) is 15.4. The molecule has 0 atom stereocenters. The number of aromatic nitrogens is 3. The minimum atomic E-state index is -0.0830. The molecule has 3 heterocycles. The van der Waals surface area contributed by atoms with Crippen LogP contribution < -0.4 is 37.7 Å². The van der Waals surface area contributed by atoms with Gasteiger partial charge in [0.05, 0.1) is 0 Å². The number of nitrogens with zero attached hydrogens (tertiary/aromatic N) is 4. The molecule has 0 unspecified atom stereocenters. The molecule has 2 aliphatic heterocycles. The van der Waals surface area contributed by atoms with E-state index in [-0.39, 0.29) is 13.4 Å². The fraction of sp³-hybridized carbons (Fsp3) is 0. The zero-order valence-corrected chi connectivity index (χ0v) is 34.4. The number of hydrogen-bond donors (Lipinski definition) is 0. The molecule has 6 heteroatoms. The van der Waals surface area contributed by atoms with Gasteiger partial charge in [-0.05, 0) is 56.2 Å². The van der Waals surface area contributed by atoms with E-state index < -0.39 is 0 Å². The summed E-state index contributed by atoms with van der Waals surface area (Å²) in [6.07, 6.45) is 0. The summed E-state index contributed by atoms with van der Waals surface area (Å²) in [6, 6.07) is 82.8. The summed E-state index contributed by atoms with van der Waals surface area (Å²) in [5.74, 6) is 1.92. The zero-order valence-electron chi connectivity index (χ0n) is 34.4. The molecule has 0 fully saturated rings. The summed E-state index contributed by atoms with van der Waals surface area (Å²) in [4.78, 5) is 18.3. The average Bonchev–Trinajstić information content (AvgIpc) is 3.37. The summed E-state index contributed by atoms with van der Waals surface area (Å²) < 4.78 is 0. The Labute approximate surface area is 368 Å². The second-order valence-electron chi connectivity index (χ2n) is 16.3. The number of hydrogen-bond acceptors (Lipinski definition) is 4. The van der Waals surface area contributed by atoms with Crippen molar-refractivity contribution in [2.24, 2.45) is 0 Å². The average molecular weight is 801 g/mol. The van der Waals surface area contributed by atoms with E-state index in [0.29, 0.717) is 17.5 Å². The molecule has 0 amide bonds. The summed E-state index contributed by atoms with van der Waals surface area (Å²) in [5.41, 5.74) is 18.6. The van der Waals surface area contributed by atoms with E-state index in [1.54, 1.807) is 0 Å². The first-order chi connectivity index (χ1) is 31.2. The first-order valence-corrected chi connectivity index (χ1v) is 21.6. The van der Waals surface area contributed by atoms with Crippen LogP contribution in [0.1, 0.15) is 0 Å². The van der Waals surface area contributed by atoms with Crippen molar-refractivity contribution in [1.82, 2.24) is 15.0 Å². The van der Waals surface area contributed by atoms with Gasteiger partial charge in [0, 0.05) is 33.8 Å². The van der Waals surface area contributed by atoms with Crippen LogP contribution in [0.15, 0.2) is 231 Å². The zero-order chi connectivity index (χ0) is 41.7. The molecule has 0 aliphatic carbocycles. The normalized spacial score (nSPS) is 12.3. The molecule has 0 saturated carbocycles. The van der Waals surface area contributed by atoms with Gasteiger partial charge in [0.2, 0.25) is 13.4 Å². The van der Waals surface area contributed by atoms with Crippen LogP contribution in [-0.2, 0) is 0 Å². The predicted octanol–water partition coefficient (Wildman–Crippen LogP) is 9.34. The quantitative estimate of drug-likeness (QED) is 0.151. The van der Waals surface area contributed by atoms with Gasteiger partial charge in [0.1, 0.15) is 0 Å². The van der Waals surface area contributed by atoms with Gasteiger partial charge in [-0.25, -0.2) is 15.0 Å². The van der Waals surface area contributed by atoms with Crippen LogP contribution in [0.4, 0.5) is 17.1 Å². The second-order valence-corrected chi connectivity index (χ2v) is 16.3. The highest BCUT2D eigenvalue weighted by atomic mass is 15.2. The van der Waals surface area contributed by atoms with E-state index in [1.165, 1.54) is 72.1 Å². The van der Waals surface area contributed by atoms with Gasteiger partial charge in [-0.15, -0.1) is 0 Å². The Bertz CT molecular complexity index is 3060. The van der Waals surface area contributed by atoms with Crippen molar-refractivity contribution >= 4 is 63.3 Å². The highest BCUT2D eigenvalue weighted by molar-refractivity contribution is 7.02. The molecule has 4 nitrogen and oxygen atoms in total. The third kappa shape index (κ3) is 6.47. The monoisotopic (exact) mass is 800 g/mol. The van der Waals surface area contributed by atoms with Crippen molar-refractivity contribution in [3.05, 3.63) is 231 Å². The molecule has 1 aromatic heterocycles. The minimum Gasteiger partial charge on any atom is -0.313 e. The number of rotatable bonds is 7. The molecule has 0 N–H and O–H groups in total. The Morgan fingerprint density at radius 2 is 0.587 bits per heavy atom. The van der Waals surface area contributed by atoms with Gasteiger partial charge < -0.3 is 4.90 Å². The number of benzene rings is 9. The number of anilines is 3. The molecule has 0 spiro atoms. The van der Waals surface area contributed by atoms with Crippen molar-refractivity contribution < 1.29 is 0 Å². The highest BCUT2D eigenvalue weighted by Crippen LogP contribution is 2.40. The minimum absolute atomic E-state index is 0.0830. The van der Waals surface area contributed by atoms with Crippen molar-refractivity contribution in [2.45, 2.75) is 0 Å². The predicted molar refractivity (Wildman–Crippen MR) is 264 cm³/mol. The Hall–Kier alpha value is -8.08. The fourth-order valence-electron chi connectivity index (χ4n) is 9.76. The van der Waals surface area contributed by atoms with Crippen LogP contribution in [0.5, 0.6) is 0 Å². The highest BCUT2D eigenvalue weighted by Gasteiger charge is 2.44. The third-order valence-corrected chi connectivity index (χ3v) is 12.6. The van der Waals surface area contributed by atoms with Crippen LogP contribution >= 0.6 is 0 Å². The van der Waals surface area contributed by atoms with Gasteiger partial charge in [-0.1, -0.05) is 229 Å². The summed E-state index contributed by atoms with van der Waals surface area (Å²) >= 11 is 0. The lowest BCUT2D eigenvalue weighted by Gasteiger charge is -2.44. The lowest BCUT2D eigenvalue weighted by atomic mass is 9.30. The first kappa shape index (κ1) is 36.7. The van der Waals surface area contributed by atoms with E-state index in [4.69, 9.17) is 15.0 Å². The molecule has 2 aliphatic rings. The Balaban J connectivity index is 1.19. The van der Waals surface area contributed by atoms with Crippen molar-refractivity contribution in [3.63, 3.8) is 0 Å². The molecular formula is C57H38B2N4. The molecule has 9 aromatic carbocycles. The lowest BCUT2D eigenvalue weighted by molar-refractivity contribution is 1.07. The van der Waals surface area contributed by atoms with Crippen LogP contribution in [0.2, 0.25) is 0 Å². The van der Waals surface area contributed by atoms with Gasteiger partial charge in [0.25, 0.3) is 0 Å². The molecule has 0 radical (unpaired) electrons. The summed E-state index contributed by atoms with van der Waals surface area (Å²) in [5, 5.41) is 0. The molecule has 12 rings (SSSR count). The maximum atomic E-state index is 5.32. The van der Waals surface area contributed by atoms with Gasteiger partial charge in [0.15, 0.2) is 17.5 Å². The molecule has 0 bridgehead atoms. The number of fused-ring (bicyclic) bond motifs is 4. The Kier molecular flexibility index (Phi) is 9.00. The molecule has 0 saturated heterocycles. The topological polar surface area (TPSA) is 41.9 Å². The maximum Gasteiger partial charge on any atom is 0.246 e. The van der Waals surface area contributed by atoms with Gasteiger partial charge >= 0.3 is 0 Å². The third-order valence-electron chi connectivity index (χ3n) is 12.6. The fourth-order valence-corrected chi connectivity index (χ4v) is 9.76. The van der Waals surface area contributed by atoms with Crippen LogP contribution in [-0.4, -0.2) is 28.4 Å². The van der Waals surface area contributed by atoms with Gasteiger partial charge in [-0.2, -0.15) is 0 Å². The standard InChI is InChI=1S/C57H38B2N4/c1-7-19-39(20-8-1)43-31-33-52-48(35-43)58(46-27-15-5-16-28-46)50-37-45(57-61-55(41-23-11-3-12-24-41)60-56(62-57)42-25-13-4-14-26-42)38-51-54(50)63(52)53-34-32-44(40-21-9-2-10-22-40)36-49(53)59(51)47-29-17-6-18-30-47/h1-38H. The van der Waals surface area contributed by atoms with E-state index in [2.05, 4.69) is 199 Å². The SMILES string of the molecule is c1ccc(B2c3cc(-c4ccccc4)ccc3N3c4ccc(-c5ccccc5)cc4B(c4ccccc4)c4cc(-c5nc(-c6ccccc6)nc(-c6ccccc6)n5)cc2c43)cc1. The van der Waals surface area contributed by atoms with Crippen LogP contribution in [0, 0.1) is 0 Å². The van der Waals surface area contributed by atoms with E-state index in [1.807, 2.05) is 36.4 Å². The molecular weight excluding hydrogens is 762 g/mol. The van der Waals surface area contributed by atoms with Crippen LogP contribution in [0.25, 0.3) is 56.4 Å². The maximum absolute atomic E-state index is 5.32. The molecule has 10 aromatic rings. The Morgan fingerprint density at radius 1 is 0.270 bits per heavy atom.